The van der Waals surface area contributed by atoms with Gasteiger partial charge in [0, 0.05) is 22.7 Å². The summed E-state index contributed by atoms with van der Waals surface area (Å²) in [4.78, 5) is 0. The minimum Gasteiger partial charge on any atom is -0.399 e. The minimum atomic E-state index is 0.598. The molecule has 4 heteroatoms. The zero-order chi connectivity index (χ0) is 27.2. The molecule has 0 spiro atoms. The van der Waals surface area contributed by atoms with E-state index in [2.05, 4.69) is 57.2 Å². The van der Waals surface area contributed by atoms with Crippen molar-refractivity contribution in [2.75, 3.05) is 22.9 Å². The van der Waals surface area contributed by atoms with Crippen LogP contribution in [0.4, 0.5) is 22.7 Å². The molecule has 0 aromatic heterocycles. The summed E-state index contributed by atoms with van der Waals surface area (Å²) >= 11 is 0. The molecule has 1 saturated carbocycles. The summed E-state index contributed by atoms with van der Waals surface area (Å²) in [7, 11) is 0. The average Bonchev–Trinajstić information content (AvgIpc) is 3.74. The second kappa shape index (κ2) is 15.2. The zero-order valence-corrected chi connectivity index (χ0v) is 22.8. The third-order valence-electron chi connectivity index (χ3n) is 6.05. The summed E-state index contributed by atoms with van der Waals surface area (Å²) in [6.45, 7) is 8.52. The van der Waals surface area contributed by atoms with Crippen molar-refractivity contribution >= 4 is 22.7 Å². The molecular formula is C33H44N4. The Morgan fingerprint density at radius 3 is 1.32 bits per heavy atom. The fourth-order valence-electron chi connectivity index (χ4n) is 3.39. The molecule has 5 rings (SSSR count). The smallest absolute Gasteiger partial charge is 0.0314 e. The summed E-state index contributed by atoms with van der Waals surface area (Å²) in [5.41, 5.74) is 30.7. The summed E-state index contributed by atoms with van der Waals surface area (Å²) < 4.78 is 0. The lowest BCUT2D eigenvalue weighted by Crippen LogP contribution is -1.88. The molecule has 1 fully saturated rings. The van der Waals surface area contributed by atoms with E-state index in [0.29, 0.717) is 5.92 Å². The van der Waals surface area contributed by atoms with Gasteiger partial charge in [-0.2, -0.15) is 0 Å². The molecule has 1 aliphatic carbocycles. The molecule has 4 aromatic carbocycles. The van der Waals surface area contributed by atoms with E-state index >= 15 is 0 Å². The van der Waals surface area contributed by atoms with Gasteiger partial charge in [-0.25, -0.2) is 0 Å². The molecule has 8 N–H and O–H groups in total. The predicted molar refractivity (Wildman–Crippen MR) is 164 cm³/mol. The van der Waals surface area contributed by atoms with Crippen LogP contribution in [0.15, 0.2) is 97.1 Å². The number of nitrogen functional groups attached to an aromatic ring is 4. The number of benzene rings is 4. The van der Waals surface area contributed by atoms with E-state index in [9.17, 15) is 0 Å². The molecule has 0 aliphatic heterocycles. The van der Waals surface area contributed by atoms with Crippen LogP contribution in [0.5, 0.6) is 0 Å². The maximum Gasteiger partial charge on any atom is 0.0314 e. The topological polar surface area (TPSA) is 104 Å². The lowest BCUT2D eigenvalue weighted by Gasteiger charge is -2.03. The average molecular weight is 497 g/mol. The van der Waals surface area contributed by atoms with Crippen LogP contribution in [0.2, 0.25) is 0 Å². The van der Waals surface area contributed by atoms with E-state index in [1.54, 1.807) is 0 Å². The Balaban J connectivity index is 0.000000174. The summed E-state index contributed by atoms with van der Waals surface area (Å²) in [6.07, 6.45) is 3.81. The minimum absolute atomic E-state index is 0.598. The maximum absolute atomic E-state index is 5.55. The molecule has 0 saturated heterocycles. The van der Waals surface area contributed by atoms with Crippen LogP contribution in [0.3, 0.4) is 0 Å². The highest BCUT2D eigenvalue weighted by Gasteiger charge is 2.22. The Labute approximate surface area is 223 Å². The van der Waals surface area contributed by atoms with Crippen molar-refractivity contribution in [2.24, 2.45) is 0 Å². The Morgan fingerprint density at radius 1 is 0.595 bits per heavy atom. The fraction of sp³-hybridized carbons (Fsp3) is 0.273. The molecule has 1 aliphatic rings. The van der Waals surface area contributed by atoms with Gasteiger partial charge in [0.15, 0.2) is 0 Å². The quantitative estimate of drug-likeness (QED) is 0.216. The first-order valence-electron chi connectivity index (χ1n) is 13.0. The van der Waals surface area contributed by atoms with E-state index in [1.165, 1.54) is 35.1 Å². The molecule has 0 atom stereocenters. The zero-order valence-electron chi connectivity index (χ0n) is 22.8. The Morgan fingerprint density at radius 2 is 0.973 bits per heavy atom. The van der Waals surface area contributed by atoms with Gasteiger partial charge in [0.05, 0.1) is 0 Å². The highest BCUT2D eigenvalue weighted by molar-refractivity contribution is 5.42. The third-order valence-corrected chi connectivity index (χ3v) is 6.05. The monoisotopic (exact) mass is 496 g/mol. The van der Waals surface area contributed by atoms with E-state index in [4.69, 9.17) is 22.9 Å². The first-order valence-corrected chi connectivity index (χ1v) is 13.0. The van der Waals surface area contributed by atoms with Crippen LogP contribution in [0.25, 0.3) is 0 Å². The molecule has 0 radical (unpaired) electrons. The Bertz CT molecular complexity index is 1080. The first kappa shape index (κ1) is 29.3. The number of aryl methyl sites for hydroxylation is 2. The lowest BCUT2D eigenvalue weighted by molar-refractivity contribution is 0.867. The van der Waals surface area contributed by atoms with E-state index < -0.39 is 0 Å². The molecule has 196 valence electrons. The van der Waals surface area contributed by atoms with Crippen LogP contribution >= 0.6 is 0 Å². The van der Waals surface area contributed by atoms with E-state index in [-0.39, 0.29) is 0 Å². The largest absolute Gasteiger partial charge is 0.399 e. The van der Waals surface area contributed by atoms with E-state index in [0.717, 1.165) is 35.1 Å². The van der Waals surface area contributed by atoms with Gasteiger partial charge in [0.25, 0.3) is 0 Å². The van der Waals surface area contributed by atoms with Gasteiger partial charge < -0.3 is 22.9 Å². The Hall–Kier alpha value is -3.92. The fourth-order valence-corrected chi connectivity index (χ4v) is 3.39. The standard InChI is InChI=1S/C9H11N.C9H13N.C8H11N.C7H9N/c10-9-5-3-8(4-6-9)7-1-2-7;1-7(2)8-3-5-9(10)6-4-8;1-2-7-3-5-8(9)6-4-7;1-6-2-4-7(8)5-3-6/h3-7H,1-2,10H2;3-7H,10H2,1-2H3;3-6H,2,9H2,1H3;2-5H,8H2,1H3. The van der Waals surface area contributed by atoms with Gasteiger partial charge >= 0.3 is 0 Å². The number of hydrogen-bond donors (Lipinski definition) is 4. The molecule has 37 heavy (non-hydrogen) atoms. The lowest BCUT2D eigenvalue weighted by atomic mass is 10.0. The Kier molecular flexibility index (Phi) is 12.1. The van der Waals surface area contributed by atoms with Gasteiger partial charge in [0.2, 0.25) is 0 Å². The second-order valence-electron chi connectivity index (χ2n) is 9.77. The van der Waals surface area contributed by atoms with Crippen molar-refractivity contribution in [2.45, 2.75) is 58.8 Å². The number of nitrogens with two attached hydrogens (primary N) is 4. The van der Waals surface area contributed by atoms with Crippen LogP contribution in [-0.4, -0.2) is 0 Å². The number of rotatable bonds is 3. The summed E-state index contributed by atoms with van der Waals surface area (Å²) in [5, 5.41) is 0. The van der Waals surface area contributed by atoms with Crippen LogP contribution in [-0.2, 0) is 6.42 Å². The molecule has 4 aromatic rings. The second-order valence-corrected chi connectivity index (χ2v) is 9.77. The molecule has 0 unspecified atom stereocenters. The van der Waals surface area contributed by atoms with Crippen molar-refractivity contribution in [1.29, 1.82) is 0 Å². The molecule has 0 heterocycles. The number of anilines is 4. The van der Waals surface area contributed by atoms with Gasteiger partial charge in [-0.15, -0.1) is 0 Å². The molecule has 4 nitrogen and oxygen atoms in total. The van der Waals surface area contributed by atoms with Crippen molar-refractivity contribution < 1.29 is 0 Å². The van der Waals surface area contributed by atoms with Crippen LogP contribution in [0.1, 0.15) is 67.7 Å². The number of hydrogen-bond acceptors (Lipinski definition) is 4. The predicted octanol–water partition coefficient (Wildman–Crippen LogP) is 7.95. The summed E-state index contributed by atoms with van der Waals surface area (Å²) in [6, 6.07) is 32.0. The van der Waals surface area contributed by atoms with Crippen molar-refractivity contribution in [3.8, 4) is 0 Å². The van der Waals surface area contributed by atoms with Gasteiger partial charge in [-0.05, 0) is 103 Å². The van der Waals surface area contributed by atoms with Crippen LogP contribution in [0, 0.1) is 6.92 Å². The third kappa shape index (κ3) is 12.0. The van der Waals surface area contributed by atoms with Crippen molar-refractivity contribution in [3.63, 3.8) is 0 Å². The SMILES string of the molecule is CC(C)c1ccc(N)cc1.CCc1ccc(N)cc1.Cc1ccc(N)cc1.Nc1ccc(C2CC2)cc1. The van der Waals surface area contributed by atoms with Crippen molar-refractivity contribution in [1.82, 2.24) is 0 Å². The van der Waals surface area contributed by atoms with Crippen molar-refractivity contribution in [3.05, 3.63) is 119 Å². The summed E-state index contributed by atoms with van der Waals surface area (Å²) in [5.74, 6) is 1.45. The van der Waals surface area contributed by atoms with E-state index in [1.807, 2.05) is 67.6 Å². The molecular weight excluding hydrogens is 452 g/mol. The van der Waals surface area contributed by atoms with Gasteiger partial charge in [-0.3, -0.25) is 0 Å². The van der Waals surface area contributed by atoms with Gasteiger partial charge in [0.1, 0.15) is 0 Å². The molecule has 0 amide bonds. The molecule has 0 bridgehead atoms. The maximum atomic E-state index is 5.55. The first-order chi connectivity index (χ1) is 17.7. The highest BCUT2D eigenvalue weighted by Crippen LogP contribution is 2.39. The highest BCUT2D eigenvalue weighted by atomic mass is 14.5. The normalized spacial score (nSPS) is 11.7. The van der Waals surface area contributed by atoms with Gasteiger partial charge in [-0.1, -0.05) is 74.9 Å². The van der Waals surface area contributed by atoms with Crippen LogP contribution < -0.4 is 22.9 Å².